The van der Waals surface area contributed by atoms with Gasteiger partial charge in [0.05, 0.1) is 0 Å². The predicted molar refractivity (Wildman–Crippen MR) is 49.8 cm³/mol. The predicted octanol–water partition coefficient (Wildman–Crippen LogP) is 2.41. The maximum Gasteiger partial charge on any atom is 2.00 e. The standard InChI is InChI=1S/C11H12N2.Pd/c1-9-3-2-4-11(9)7-10(8-13)5-6-12;/h5,7,9,11H,1-4H2;/q-2;+2/b10-7+;. The summed E-state index contributed by atoms with van der Waals surface area (Å²) in [6, 6.07) is 3.88. The van der Waals surface area contributed by atoms with Gasteiger partial charge in [0, 0.05) is 6.07 Å². The first-order chi connectivity index (χ1) is 6.27. The molecule has 0 radical (unpaired) electrons. The second-order valence-electron chi connectivity index (χ2n) is 3.36. The fourth-order valence-corrected chi connectivity index (χ4v) is 1.70. The molecule has 0 N–H and O–H groups in total. The molecule has 3 heteroatoms. The third-order valence-electron chi connectivity index (χ3n) is 2.46. The van der Waals surface area contributed by atoms with Gasteiger partial charge in [0.2, 0.25) is 0 Å². The normalized spacial score (nSPS) is 25.8. The summed E-state index contributed by atoms with van der Waals surface area (Å²) < 4.78 is 0. The van der Waals surface area contributed by atoms with Crippen molar-refractivity contribution in [2.24, 2.45) is 11.8 Å². The Kier molecular flexibility index (Phi) is 6.31. The Hall–Kier alpha value is -0.748. The van der Waals surface area contributed by atoms with Crippen LogP contribution < -0.4 is 0 Å². The van der Waals surface area contributed by atoms with E-state index in [0.717, 1.165) is 12.8 Å². The van der Waals surface area contributed by atoms with E-state index < -0.39 is 0 Å². The molecule has 0 saturated heterocycles. The topological polar surface area (TPSA) is 47.6 Å². The first kappa shape index (κ1) is 13.3. The van der Waals surface area contributed by atoms with Gasteiger partial charge in [0.1, 0.15) is 0 Å². The molecule has 0 aromatic heterocycles. The van der Waals surface area contributed by atoms with Crippen molar-refractivity contribution < 1.29 is 20.4 Å². The van der Waals surface area contributed by atoms with Crippen molar-refractivity contribution in [3.8, 4) is 12.1 Å². The zero-order valence-electron chi connectivity index (χ0n) is 7.85. The summed E-state index contributed by atoms with van der Waals surface area (Å²) in [6.07, 6.45) is 6.59. The first-order valence-corrected chi connectivity index (χ1v) is 4.45. The van der Waals surface area contributed by atoms with Gasteiger partial charge in [-0.15, -0.1) is 5.57 Å². The van der Waals surface area contributed by atoms with Crippen LogP contribution >= 0.6 is 0 Å². The minimum atomic E-state index is 0. The fraction of sp³-hybridized carbons (Fsp3) is 0.455. The Morgan fingerprint density at radius 1 is 1.43 bits per heavy atom. The third kappa shape index (κ3) is 3.55. The maximum atomic E-state index is 8.68. The summed E-state index contributed by atoms with van der Waals surface area (Å²) in [5.41, 5.74) is 0.475. The molecular weight excluding hydrogens is 267 g/mol. The van der Waals surface area contributed by atoms with Crippen LogP contribution in [-0.4, -0.2) is 0 Å². The second kappa shape index (κ2) is 6.67. The number of nitriles is 2. The molecule has 0 heterocycles. The second-order valence-corrected chi connectivity index (χ2v) is 3.36. The Morgan fingerprint density at radius 3 is 2.57 bits per heavy atom. The van der Waals surface area contributed by atoms with E-state index in [2.05, 4.69) is 6.92 Å². The summed E-state index contributed by atoms with van der Waals surface area (Å²) >= 11 is 0. The zero-order chi connectivity index (χ0) is 9.68. The molecule has 0 amide bonds. The number of allylic oxidation sites excluding steroid dienone is 2. The average molecular weight is 279 g/mol. The van der Waals surface area contributed by atoms with Crippen molar-refractivity contribution in [3.63, 3.8) is 0 Å². The minimum Gasteiger partial charge on any atom is -0.341 e. The monoisotopic (exact) mass is 278 g/mol. The van der Waals surface area contributed by atoms with E-state index in [1.165, 1.54) is 12.8 Å². The van der Waals surface area contributed by atoms with Crippen molar-refractivity contribution in [3.05, 3.63) is 25.0 Å². The van der Waals surface area contributed by atoms with Crippen LogP contribution in [0.5, 0.6) is 0 Å². The van der Waals surface area contributed by atoms with Crippen molar-refractivity contribution in [1.29, 1.82) is 10.5 Å². The Bertz CT molecular complexity index is 283. The molecule has 1 aliphatic carbocycles. The molecule has 0 spiro atoms. The van der Waals surface area contributed by atoms with Gasteiger partial charge in [0.25, 0.3) is 0 Å². The smallest absolute Gasteiger partial charge is 0.341 e. The van der Waals surface area contributed by atoms with E-state index in [4.69, 9.17) is 10.5 Å². The molecule has 0 bridgehead atoms. The van der Waals surface area contributed by atoms with Crippen LogP contribution in [0.3, 0.4) is 0 Å². The van der Waals surface area contributed by atoms with E-state index in [-0.39, 0.29) is 20.4 Å². The SMILES string of the molecule is [CH2-]C1CCCC1/C=C(/C#N)[CH-]C#N.[Pd+2]. The summed E-state index contributed by atoms with van der Waals surface area (Å²) in [5, 5.41) is 17.1. The third-order valence-corrected chi connectivity index (χ3v) is 2.46. The molecular formula is C11H12N2Pd. The fourth-order valence-electron chi connectivity index (χ4n) is 1.70. The molecule has 1 aliphatic rings. The van der Waals surface area contributed by atoms with E-state index in [9.17, 15) is 0 Å². The van der Waals surface area contributed by atoms with Gasteiger partial charge in [-0.2, -0.15) is 12.0 Å². The molecule has 0 aromatic rings. The molecule has 2 nitrogen and oxygen atoms in total. The Labute approximate surface area is 99.3 Å². The van der Waals surface area contributed by atoms with Crippen molar-refractivity contribution >= 4 is 0 Å². The van der Waals surface area contributed by atoms with Crippen molar-refractivity contribution in [2.75, 3.05) is 0 Å². The van der Waals surface area contributed by atoms with Gasteiger partial charge in [0.15, 0.2) is 0 Å². The molecule has 1 fully saturated rings. The van der Waals surface area contributed by atoms with E-state index in [0.29, 0.717) is 17.4 Å². The molecule has 2 unspecified atom stereocenters. The average Bonchev–Trinajstić information content (AvgIpc) is 2.51. The van der Waals surface area contributed by atoms with Gasteiger partial charge in [-0.05, 0) is 0 Å². The first-order valence-electron chi connectivity index (χ1n) is 4.45. The van der Waals surface area contributed by atoms with Gasteiger partial charge >= 0.3 is 20.4 Å². The number of nitrogens with zero attached hydrogens (tertiary/aromatic N) is 2. The Morgan fingerprint density at radius 2 is 2.14 bits per heavy atom. The number of rotatable bonds is 2. The molecule has 2 atom stereocenters. The van der Waals surface area contributed by atoms with Crippen molar-refractivity contribution in [1.82, 2.24) is 0 Å². The van der Waals surface area contributed by atoms with E-state index >= 15 is 0 Å². The van der Waals surface area contributed by atoms with Gasteiger partial charge < -0.3 is 6.92 Å². The van der Waals surface area contributed by atoms with Crippen LogP contribution in [-0.2, 0) is 20.4 Å². The van der Waals surface area contributed by atoms with E-state index in [1.54, 1.807) is 0 Å². The number of hydrogen-bond donors (Lipinski definition) is 0. The summed E-state index contributed by atoms with van der Waals surface area (Å²) in [6.45, 7) is 4.02. The van der Waals surface area contributed by atoms with Crippen LogP contribution in [0.25, 0.3) is 0 Å². The van der Waals surface area contributed by atoms with Crippen LogP contribution in [0, 0.1) is 47.8 Å². The summed E-state index contributed by atoms with van der Waals surface area (Å²) in [7, 11) is 0. The van der Waals surface area contributed by atoms with Gasteiger partial charge in [-0.1, -0.05) is 37.7 Å². The van der Waals surface area contributed by atoms with Crippen LogP contribution in [0.15, 0.2) is 11.6 Å². The van der Waals surface area contributed by atoms with Crippen LogP contribution in [0.1, 0.15) is 19.3 Å². The molecule has 14 heavy (non-hydrogen) atoms. The molecule has 0 aromatic carbocycles. The largest absolute Gasteiger partial charge is 2.00 e. The number of hydrogen-bond acceptors (Lipinski definition) is 2. The summed E-state index contributed by atoms with van der Waals surface area (Å²) in [4.78, 5) is 0. The van der Waals surface area contributed by atoms with Gasteiger partial charge in [-0.3, -0.25) is 5.26 Å². The maximum absolute atomic E-state index is 8.68. The zero-order valence-corrected chi connectivity index (χ0v) is 9.40. The summed E-state index contributed by atoms with van der Waals surface area (Å²) in [5.74, 6) is 0.801. The quantitative estimate of drug-likeness (QED) is 0.442. The van der Waals surface area contributed by atoms with Crippen LogP contribution in [0.4, 0.5) is 0 Å². The molecule has 76 valence electrons. The molecule has 1 rings (SSSR count). The minimum absolute atomic E-state index is 0. The molecule has 1 saturated carbocycles. The Balaban J connectivity index is 0.00000169. The van der Waals surface area contributed by atoms with Crippen molar-refractivity contribution in [2.45, 2.75) is 19.3 Å². The van der Waals surface area contributed by atoms with Crippen LogP contribution in [0.2, 0.25) is 0 Å². The molecule has 0 aliphatic heterocycles. The van der Waals surface area contributed by atoms with E-state index in [1.807, 2.05) is 18.2 Å². The van der Waals surface area contributed by atoms with Gasteiger partial charge in [-0.25, -0.2) is 5.26 Å².